The Morgan fingerprint density at radius 3 is 1.01 bits per heavy atom. The van der Waals surface area contributed by atoms with Crippen molar-refractivity contribution in [3.63, 3.8) is 0 Å². The Bertz CT molecular complexity index is 2530. The maximum absolute atomic E-state index is 13.6. The zero-order valence-electron chi connectivity index (χ0n) is 45.3. The topological polar surface area (TPSA) is 306 Å². The van der Waals surface area contributed by atoms with Crippen LogP contribution >= 0.6 is 0 Å². The largest absolute Gasteiger partial charge is 0.463 e. The van der Waals surface area contributed by atoms with E-state index < -0.39 is 107 Å². The summed E-state index contributed by atoms with van der Waals surface area (Å²) in [4.78, 5) is 152. The smallest absolute Gasteiger partial charge is 0.342 e. The van der Waals surface area contributed by atoms with Gasteiger partial charge in [-0.25, -0.2) is 24.0 Å². The molecule has 0 unspecified atom stereocenters. The molecule has 0 N–H and O–H groups in total. The van der Waals surface area contributed by atoms with Crippen LogP contribution in [0.3, 0.4) is 0 Å². The number of ketones is 1. The minimum Gasteiger partial charge on any atom is -0.463 e. The molecule has 5 rings (SSSR count). The first-order valence-corrected chi connectivity index (χ1v) is 26.8. The van der Waals surface area contributed by atoms with E-state index in [9.17, 15) is 57.5 Å². The zero-order chi connectivity index (χ0) is 59.6. The van der Waals surface area contributed by atoms with Gasteiger partial charge >= 0.3 is 65.7 Å². The molecule has 82 heavy (non-hydrogen) atoms. The van der Waals surface area contributed by atoms with Crippen molar-refractivity contribution < 1.29 is 110 Å². The van der Waals surface area contributed by atoms with Crippen LogP contribution < -0.4 is 18.9 Å². The molecule has 440 valence electrons. The van der Waals surface area contributed by atoms with E-state index >= 15 is 0 Å². The number of hydrogen-bond acceptors (Lipinski definition) is 23. The van der Waals surface area contributed by atoms with Gasteiger partial charge in [0.2, 0.25) is 0 Å². The summed E-state index contributed by atoms with van der Waals surface area (Å²) < 4.78 is 58.0. The first-order valence-electron chi connectivity index (χ1n) is 26.8. The highest BCUT2D eigenvalue weighted by molar-refractivity contribution is 6.00. The molecular weight excluding hydrogens is 1080 g/mol. The fraction of sp³-hybridized carbons (Fsp3) is 0.458. The molecule has 3 saturated carbocycles. The molecule has 0 aliphatic heterocycles. The summed E-state index contributed by atoms with van der Waals surface area (Å²) >= 11 is 0. The summed E-state index contributed by atoms with van der Waals surface area (Å²) in [6.45, 7) is 11.9. The number of esters is 11. The second-order valence-electron chi connectivity index (χ2n) is 19.1. The van der Waals surface area contributed by atoms with Crippen LogP contribution in [0.5, 0.6) is 23.0 Å². The molecule has 0 atom stereocenters. The summed E-state index contributed by atoms with van der Waals surface area (Å²) in [5.74, 6) is -11.9. The zero-order valence-corrected chi connectivity index (χ0v) is 45.3. The highest BCUT2D eigenvalue weighted by Gasteiger charge is 2.36. The number of rotatable bonds is 29. The number of benzene rings is 2. The summed E-state index contributed by atoms with van der Waals surface area (Å²) in [5.41, 5.74) is -0.364. The third-order valence-electron chi connectivity index (χ3n) is 13.6. The van der Waals surface area contributed by atoms with Gasteiger partial charge in [0.25, 0.3) is 0 Å². The van der Waals surface area contributed by atoms with Gasteiger partial charge in [0.1, 0.15) is 68.2 Å². The molecule has 23 nitrogen and oxygen atoms in total. The van der Waals surface area contributed by atoms with Crippen molar-refractivity contribution in [1.29, 1.82) is 0 Å². The van der Waals surface area contributed by atoms with Crippen molar-refractivity contribution >= 4 is 71.4 Å². The normalized spacial score (nSPS) is 19.1. The van der Waals surface area contributed by atoms with Gasteiger partial charge in [-0.1, -0.05) is 26.3 Å². The van der Waals surface area contributed by atoms with Crippen molar-refractivity contribution in [1.82, 2.24) is 0 Å². The maximum Gasteiger partial charge on any atom is 0.342 e. The fourth-order valence-corrected chi connectivity index (χ4v) is 9.11. The first kappa shape index (κ1) is 64.1. The summed E-state index contributed by atoms with van der Waals surface area (Å²) in [6.07, 6.45) is 6.98. The van der Waals surface area contributed by atoms with Gasteiger partial charge in [0, 0.05) is 30.7 Å². The van der Waals surface area contributed by atoms with E-state index in [1.54, 1.807) is 0 Å². The van der Waals surface area contributed by atoms with E-state index in [2.05, 4.69) is 26.3 Å². The lowest BCUT2D eigenvalue weighted by Gasteiger charge is -2.26. The third-order valence-corrected chi connectivity index (χ3v) is 13.6. The predicted octanol–water partition coefficient (Wildman–Crippen LogP) is 6.55. The van der Waals surface area contributed by atoms with E-state index in [1.165, 1.54) is 30.3 Å². The van der Waals surface area contributed by atoms with E-state index in [1.807, 2.05) is 0 Å². The molecule has 0 radical (unpaired) electrons. The van der Waals surface area contributed by atoms with Gasteiger partial charge in [-0.2, -0.15) is 0 Å². The van der Waals surface area contributed by atoms with Crippen molar-refractivity contribution in [3.8, 4) is 23.0 Å². The monoisotopic (exact) mass is 1140 g/mol. The number of hydrogen-bond donors (Lipinski definition) is 0. The first-order chi connectivity index (χ1) is 39.4. The van der Waals surface area contributed by atoms with Gasteiger partial charge in [-0.15, -0.1) is 0 Å². The van der Waals surface area contributed by atoms with Gasteiger partial charge in [-0.3, -0.25) is 33.6 Å². The van der Waals surface area contributed by atoms with Crippen LogP contribution in [0.1, 0.15) is 111 Å². The molecule has 0 saturated heterocycles. The highest BCUT2D eigenvalue weighted by atomic mass is 16.6. The van der Waals surface area contributed by atoms with Gasteiger partial charge in [-0.05, 0) is 120 Å². The fourth-order valence-electron chi connectivity index (χ4n) is 9.11. The quantitative estimate of drug-likeness (QED) is 0.0208. The molecule has 3 aliphatic rings. The van der Waals surface area contributed by atoms with E-state index in [0.717, 1.165) is 30.4 Å². The maximum atomic E-state index is 13.6. The second-order valence-corrected chi connectivity index (χ2v) is 19.1. The lowest BCUT2D eigenvalue weighted by molar-refractivity contribution is -0.155. The van der Waals surface area contributed by atoms with Crippen molar-refractivity contribution in [2.24, 2.45) is 35.5 Å². The van der Waals surface area contributed by atoms with Crippen molar-refractivity contribution in [3.05, 3.63) is 98.1 Å². The van der Waals surface area contributed by atoms with Crippen LogP contribution in [0.25, 0.3) is 0 Å². The minimum atomic E-state index is -1.00. The molecule has 2 aromatic rings. The lowest BCUT2D eigenvalue weighted by atomic mass is 9.82. The van der Waals surface area contributed by atoms with E-state index in [4.69, 9.17) is 52.1 Å². The average Bonchev–Trinajstić information content (AvgIpc) is 3.60. The van der Waals surface area contributed by atoms with Crippen LogP contribution in [0.4, 0.5) is 0 Å². The molecule has 2 aromatic carbocycles. The Hall–Kier alpha value is -8.76. The van der Waals surface area contributed by atoms with Crippen LogP contribution in [-0.4, -0.2) is 118 Å². The molecule has 0 bridgehead atoms. The Morgan fingerprint density at radius 1 is 0.354 bits per heavy atom. The molecule has 23 heteroatoms. The van der Waals surface area contributed by atoms with Crippen LogP contribution in [0.15, 0.2) is 87.0 Å². The molecule has 0 aromatic heterocycles. The van der Waals surface area contributed by atoms with Crippen LogP contribution in [-0.2, 0) is 81.1 Å². The van der Waals surface area contributed by atoms with Gasteiger partial charge < -0.3 is 52.1 Å². The Kier molecular flexibility index (Phi) is 25.9. The van der Waals surface area contributed by atoms with Gasteiger partial charge in [0.15, 0.2) is 5.78 Å². The molecule has 0 amide bonds. The number of Topliss-reactive ketones (excluding diaryl/α,β-unsaturated/α-hetero) is 1. The molecular formula is C59H66O23. The summed E-state index contributed by atoms with van der Waals surface area (Å²) in [7, 11) is 0. The number of ether oxygens (including phenoxy) is 11. The summed E-state index contributed by atoms with van der Waals surface area (Å²) in [6, 6.07) is 7.70. The number of carbonyl (C=O) groups is 12. The standard InChI is InChI=1S/C59H66O23/c1-5-49(61)72-27-9-10-46(60)44-34-42(23-25-47(44)81-57(69)40-15-11-36(12-16-40)53(65)76-31-28-73-50(62)6-2)79-55(67)38-19-21-39(22-20-38)56(68)80-43-24-26-48(45(35-43)59(71)78-33-30-75-52(64)8-4)82-58(70)41-17-13-37(14-18-41)54(66)77-32-29-74-51(63)7-3/h5-8,23-26,34-41H,1-4,9-22,27-33H2. The Morgan fingerprint density at radius 2 is 0.646 bits per heavy atom. The van der Waals surface area contributed by atoms with E-state index in [-0.39, 0.29) is 145 Å². The predicted molar refractivity (Wildman–Crippen MR) is 282 cm³/mol. The second kappa shape index (κ2) is 33.1. The molecule has 3 aliphatic carbocycles. The van der Waals surface area contributed by atoms with Crippen LogP contribution in [0.2, 0.25) is 0 Å². The molecule has 0 spiro atoms. The SMILES string of the molecule is C=CC(=O)OCCCC(=O)c1cc(OC(=O)C2CCC(C(=O)Oc3ccc(OC(=O)C4CCC(C(=O)OCCOC(=O)C=C)CC4)c(C(=O)OCCOC(=O)C=C)c3)CC2)ccc1OC(=O)C1CCC(C(=O)OCCOC(=O)C=C)CC1. The molecule has 3 fully saturated rings. The number of carbonyl (C=O) groups excluding carboxylic acids is 12. The van der Waals surface area contributed by atoms with Crippen molar-refractivity contribution in [2.45, 2.75) is 89.9 Å². The van der Waals surface area contributed by atoms with E-state index in [0.29, 0.717) is 25.7 Å². The van der Waals surface area contributed by atoms with Crippen LogP contribution in [0, 0.1) is 35.5 Å². The third kappa shape index (κ3) is 20.4. The molecule has 0 heterocycles. The Labute approximate surface area is 472 Å². The summed E-state index contributed by atoms with van der Waals surface area (Å²) in [5, 5.41) is 0. The Balaban J connectivity index is 1.17. The van der Waals surface area contributed by atoms with Crippen molar-refractivity contribution in [2.75, 3.05) is 46.2 Å². The van der Waals surface area contributed by atoms with Gasteiger partial charge in [0.05, 0.1) is 47.7 Å². The highest BCUT2D eigenvalue weighted by Crippen LogP contribution is 2.37. The minimum absolute atomic E-state index is 0.0276. The lowest BCUT2D eigenvalue weighted by Crippen LogP contribution is -2.31. The average molecular weight is 1140 g/mol.